The Hall–Kier alpha value is -4.40. The molecule has 0 unspecified atom stereocenters. The van der Waals surface area contributed by atoms with Gasteiger partial charge in [-0.05, 0) is 60.5 Å². The second kappa shape index (κ2) is 9.33. The number of hydrazine groups is 1. The van der Waals surface area contributed by atoms with E-state index in [1.54, 1.807) is 29.3 Å². The summed E-state index contributed by atoms with van der Waals surface area (Å²) in [6.45, 7) is 0.482. The third-order valence-corrected chi connectivity index (χ3v) is 6.63. The SMILES string of the molecule is O=S(=O)(Nc1ccc(F)c(C#Cc2ccc3c(n2)N(c2ccc(F)cc2)NC3)c1F)c1cccnc1. The Morgan fingerprint density at radius 1 is 0.972 bits per heavy atom. The van der Waals surface area contributed by atoms with E-state index < -0.39 is 32.9 Å². The zero-order valence-corrected chi connectivity index (χ0v) is 19.2. The van der Waals surface area contributed by atoms with E-state index in [1.165, 1.54) is 30.5 Å². The minimum Gasteiger partial charge on any atom is -0.277 e. The largest absolute Gasteiger partial charge is 0.277 e. The van der Waals surface area contributed by atoms with Crippen LogP contribution in [-0.4, -0.2) is 18.4 Å². The highest BCUT2D eigenvalue weighted by Crippen LogP contribution is 2.30. The van der Waals surface area contributed by atoms with Crippen LogP contribution in [0.4, 0.5) is 30.4 Å². The van der Waals surface area contributed by atoms with E-state index in [9.17, 15) is 17.2 Å². The lowest BCUT2D eigenvalue weighted by Gasteiger charge is -2.18. The summed E-state index contributed by atoms with van der Waals surface area (Å²) in [6.07, 6.45) is 2.50. The number of benzene rings is 2. The first kappa shape index (κ1) is 23.3. The van der Waals surface area contributed by atoms with E-state index in [-0.39, 0.29) is 16.4 Å². The van der Waals surface area contributed by atoms with Crippen LogP contribution in [0.1, 0.15) is 16.8 Å². The summed E-state index contributed by atoms with van der Waals surface area (Å²) in [5, 5.41) is 1.66. The van der Waals surface area contributed by atoms with Gasteiger partial charge in [-0.2, -0.15) is 0 Å². The van der Waals surface area contributed by atoms with Gasteiger partial charge in [0.25, 0.3) is 10.0 Å². The summed E-state index contributed by atoms with van der Waals surface area (Å²) in [7, 11) is -4.15. The molecule has 0 saturated heterocycles. The van der Waals surface area contributed by atoms with Crippen LogP contribution in [0.15, 0.2) is 78.0 Å². The second-order valence-corrected chi connectivity index (χ2v) is 9.34. The Morgan fingerprint density at radius 3 is 2.53 bits per heavy atom. The number of nitrogens with zero attached hydrogens (tertiary/aromatic N) is 3. The van der Waals surface area contributed by atoms with Gasteiger partial charge in [-0.25, -0.2) is 32.0 Å². The molecule has 180 valence electrons. The van der Waals surface area contributed by atoms with Gasteiger partial charge in [-0.15, -0.1) is 0 Å². The van der Waals surface area contributed by atoms with Crippen LogP contribution < -0.4 is 15.2 Å². The minimum atomic E-state index is -4.15. The van der Waals surface area contributed by atoms with Gasteiger partial charge in [0.05, 0.1) is 16.9 Å². The van der Waals surface area contributed by atoms with Gasteiger partial charge in [0.15, 0.2) is 11.6 Å². The predicted molar refractivity (Wildman–Crippen MR) is 127 cm³/mol. The Morgan fingerprint density at radius 2 is 1.78 bits per heavy atom. The monoisotopic (exact) mass is 507 g/mol. The molecule has 0 radical (unpaired) electrons. The third kappa shape index (κ3) is 4.59. The normalized spacial score (nSPS) is 12.6. The first-order valence-electron chi connectivity index (χ1n) is 10.5. The maximum absolute atomic E-state index is 15.1. The van der Waals surface area contributed by atoms with Crippen molar-refractivity contribution in [1.82, 2.24) is 15.4 Å². The maximum atomic E-state index is 15.1. The molecule has 0 aliphatic carbocycles. The van der Waals surface area contributed by atoms with E-state index in [0.717, 1.165) is 23.9 Å². The number of fused-ring (bicyclic) bond motifs is 1. The molecule has 0 atom stereocenters. The van der Waals surface area contributed by atoms with Crippen LogP contribution in [0.2, 0.25) is 0 Å². The molecular weight excluding hydrogens is 491 g/mol. The van der Waals surface area contributed by atoms with Gasteiger partial charge in [-0.3, -0.25) is 14.7 Å². The summed E-state index contributed by atoms with van der Waals surface area (Å²) in [5.74, 6) is 3.08. The number of nitrogens with one attached hydrogen (secondary N) is 2. The van der Waals surface area contributed by atoms with Crippen molar-refractivity contribution in [2.45, 2.75) is 11.4 Å². The molecule has 0 fully saturated rings. The fourth-order valence-corrected chi connectivity index (χ4v) is 4.53. The van der Waals surface area contributed by atoms with Crippen LogP contribution in [0.5, 0.6) is 0 Å². The molecule has 4 aromatic rings. The summed E-state index contributed by atoms with van der Waals surface area (Å²) < 4.78 is 69.9. The number of pyridine rings is 2. The molecule has 1 aliphatic heterocycles. The Kier molecular flexibility index (Phi) is 6.05. The highest BCUT2D eigenvalue weighted by molar-refractivity contribution is 7.92. The van der Waals surface area contributed by atoms with Gasteiger partial charge in [0, 0.05) is 24.5 Å². The topological polar surface area (TPSA) is 87.2 Å². The fraction of sp³-hybridized carbons (Fsp3) is 0.0400. The number of hydrogen-bond acceptors (Lipinski definition) is 6. The van der Waals surface area contributed by atoms with Crippen molar-refractivity contribution in [3.8, 4) is 11.8 Å². The first-order chi connectivity index (χ1) is 17.3. The zero-order valence-electron chi connectivity index (χ0n) is 18.3. The van der Waals surface area contributed by atoms with E-state index in [2.05, 4.69) is 32.0 Å². The molecule has 0 bridgehead atoms. The molecule has 0 amide bonds. The van der Waals surface area contributed by atoms with Crippen LogP contribution in [0.25, 0.3) is 0 Å². The number of aromatic nitrogens is 2. The fourth-order valence-electron chi connectivity index (χ4n) is 3.50. The van der Waals surface area contributed by atoms with Crippen LogP contribution in [0, 0.1) is 29.3 Å². The molecule has 7 nitrogen and oxygen atoms in total. The molecule has 2 N–H and O–H groups in total. The van der Waals surface area contributed by atoms with Crippen molar-refractivity contribution in [2.75, 3.05) is 9.73 Å². The lowest BCUT2D eigenvalue weighted by atomic mass is 10.1. The van der Waals surface area contributed by atoms with Gasteiger partial charge in [0.1, 0.15) is 22.2 Å². The third-order valence-electron chi connectivity index (χ3n) is 5.28. The van der Waals surface area contributed by atoms with Crippen LogP contribution >= 0.6 is 0 Å². The number of hydrogen-bond donors (Lipinski definition) is 2. The van der Waals surface area contributed by atoms with Crippen molar-refractivity contribution >= 4 is 27.2 Å². The molecule has 36 heavy (non-hydrogen) atoms. The highest BCUT2D eigenvalue weighted by atomic mass is 32.2. The van der Waals surface area contributed by atoms with Crippen LogP contribution in [-0.2, 0) is 16.6 Å². The van der Waals surface area contributed by atoms with Gasteiger partial charge >= 0.3 is 0 Å². The first-order valence-corrected chi connectivity index (χ1v) is 12.0. The smallest absolute Gasteiger partial charge is 0.263 e. The molecule has 2 aromatic heterocycles. The average molecular weight is 507 g/mol. The number of halogens is 3. The molecule has 0 saturated carbocycles. The van der Waals surface area contributed by atoms with Crippen molar-refractivity contribution in [3.63, 3.8) is 0 Å². The number of sulfonamides is 1. The summed E-state index contributed by atoms with van der Waals surface area (Å²) in [5.41, 5.74) is 3.79. The molecular formula is C25H16F3N5O2S. The van der Waals surface area contributed by atoms with E-state index in [0.29, 0.717) is 18.1 Å². The Balaban J connectivity index is 1.45. The second-order valence-electron chi connectivity index (χ2n) is 7.65. The molecule has 1 aliphatic rings. The zero-order chi connectivity index (χ0) is 25.3. The Bertz CT molecular complexity index is 1620. The van der Waals surface area contributed by atoms with Crippen LogP contribution in [0.3, 0.4) is 0 Å². The predicted octanol–water partition coefficient (Wildman–Crippen LogP) is 4.25. The van der Waals surface area contributed by atoms with E-state index in [1.807, 2.05) is 0 Å². The summed E-state index contributed by atoms with van der Waals surface area (Å²) in [4.78, 5) is 8.02. The van der Waals surface area contributed by atoms with E-state index >= 15 is 4.39 Å². The van der Waals surface area contributed by atoms with Crippen molar-refractivity contribution in [2.24, 2.45) is 0 Å². The molecule has 5 rings (SSSR count). The standard InChI is InChI=1S/C25H16F3N5O2S/c26-17-4-8-19(9-5-17)33-25-16(14-30-33)3-6-18(31-25)7-10-21-22(27)11-12-23(24(21)28)32-36(34,35)20-2-1-13-29-15-20/h1-6,8-9,11-13,15,30,32H,14H2. The molecule has 2 aromatic carbocycles. The molecule has 3 heterocycles. The Labute approximate surface area is 204 Å². The lowest BCUT2D eigenvalue weighted by Crippen LogP contribution is -2.27. The van der Waals surface area contributed by atoms with Crippen molar-refractivity contribution in [1.29, 1.82) is 0 Å². The van der Waals surface area contributed by atoms with Gasteiger partial charge in [0.2, 0.25) is 0 Å². The van der Waals surface area contributed by atoms with Crippen molar-refractivity contribution < 1.29 is 21.6 Å². The van der Waals surface area contributed by atoms with Gasteiger partial charge < -0.3 is 0 Å². The highest BCUT2D eigenvalue weighted by Gasteiger charge is 2.22. The van der Waals surface area contributed by atoms with Gasteiger partial charge in [-0.1, -0.05) is 12.0 Å². The number of anilines is 3. The molecule has 11 heteroatoms. The summed E-state index contributed by atoms with van der Waals surface area (Å²) >= 11 is 0. The van der Waals surface area contributed by atoms with E-state index in [4.69, 9.17) is 0 Å². The number of rotatable bonds is 4. The quantitative estimate of drug-likeness (QED) is 0.402. The average Bonchev–Trinajstić information content (AvgIpc) is 3.30. The lowest BCUT2D eigenvalue weighted by molar-refractivity contribution is 0.578. The molecule has 0 spiro atoms. The van der Waals surface area contributed by atoms with Crippen molar-refractivity contribution in [3.05, 3.63) is 107 Å². The summed E-state index contributed by atoms with van der Waals surface area (Å²) in [6, 6.07) is 13.8. The maximum Gasteiger partial charge on any atom is 0.263 e. The minimum absolute atomic E-state index is 0.178.